The number of nitrogens with two attached hydrogens (primary N) is 2. The Bertz CT molecular complexity index is 297. The largest absolute Gasteiger partial charge is 0.494 e. The third-order valence-electron chi connectivity index (χ3n) is 1.64. The maximum absolute atomic E-state index is 5.35. The summed E-state index contributed by atoms with van der Waals surface area (Å²) in [6.07, 6.45) is 0. The van der Waals surface area contributed by atoms with Crippen LogP contribution in [0.4, 0.5) is 0 Å². The molecule has 76 valence electrons. The van der Waals surface area contributed by atoms with Crippen LogP contribution in [-0.2, 0) is 5.75 Å². The molecule has 14 heavy (non-hydrogen) atoms. The number of thioether (sulfide) groups is 1. The first-order valence-corrected chi connectivity index (χ1v) is 5.43. The lowest BCUT2D eigenvalue weighted by Crippen LogP contribution is -2.43. The fourth-order valence-corrected chi connectivity index (χ4v) is 1.54. The summed E-state index contributed by atoms with van der Waals surface area (Å²) in [7, 11) is 0. The van der Waals surface area contributed by atoms with Crippen LogP contribution < -0.4 is 15.9 Å². The van der Waals surface area contributed by atoms with Gasteiger partial charge in [0, 0.05) is 5.75 Å². The summed E-state index contributed by atoms with van der Waals surface area (Å²) in [6.45, 7) is 2.66. The molecule has 0 fully saturated rings. The number of rotatable bonds is 4. The van der Waals surface area contributed by atoms with Gasteiger partial charge in [-0.1, -0.05) is 12.1 Å². The molecule has 4 heteroatoms. The zero-order chi connectivity index (χ0) is 10.4. The Morgan fingerprint density at radius 2 is 2.07 bits per heavy atom. The lowest BCUT2D eigenvalue weighted by molar-refractivity contribution is -0.110. The molecule has 1 aromatic rings. The van der Waals surface area contributed by atoms with Crippen molar-refractivity contribution >= 4 is 16.9 Å². The molecule has 1 aromatic carbocycles. The molecule has 0 saturated heterocycles. The molecule has 0 spiro atoms. The van der Waals surface area contributed by atoms with E-state index in [1.54, 1.807) is 0 Å². The molecule has 0 heterocycles. The average Bonchev–Trinajstić information content (AvgIpc) is 2.17. The van der Waals surface area contributed by atoms with E-state index in [2.05, 4.69) is 0 Å². The smallest absolute Gasteiger partial charge is 0.300 e. The first kappa shape index (κ1) is 10.9. The highest BCUT2D eigenvalue weighted by Crippen LogP contribution is 2.15. The summed E-state index contributed by atoms with van der Waals surface area (Å²) < 4.78 is 5.33. The highest BCUT2D eigenvalue weighted by Gasteiger charge is 1.99. The standard InChI is InChI=1S/C10H14N2OS/c1-2-13-9-5-3-8(4-6-9)7-14-10(11)12/h3-6H,2,7H2,1H3,(H3,11,12)/p+1. The van der Waals surface area contributed by atoms with E-state index in [0.717, 1.165) is 11.5 Å². The topological polar surface area (TPSA) is 60.8 Å². The summed E-state index contributed by atoms with van der Waals surface area (Å²) in [6, 6.07) is 7.93. The van der Waals surface area contributed by atoms with Crippen molar-refractivity contribution in [3.63, 3.8) is 0 Å². The molecule has 0 aliphatic heterocycles. The third-order valence-corrected chi connectivity index (χ3v) is 2.45. The molecule has 0 aliphatic rings. The average molecular weight is 211 g/mol. The quantitative estimate of drug-likeness (QED) is 0.559. The number of hydrogen-bond acceptors (Lipinski definition) is 2. The number of benzene rings is 1. The van der Waals surface area contributed by atoms with Crippen LogP contribution >= 0.6 is 11.8 Å². The van der Waals surface area contributed by atoms with Gasteiger partial charge in [0.15, 0.2) is 0 Å². The van der Waals surface area contributed by atoms with Crippen molar-refractivity contribution in [2.45, 2.75) is 12.7 Å². The molecule has 4 N–H and O–H groups in total. The van der Waals surface area contributed by atoms with Gasteiger partial charge in [0.25, 0.3) is 5.17 Å². The van der Waals surface area contributed by atoms with E-state index in [1.165, 1.54) is 17.3 Å². The molecular weight excluding hydrogens is 196 g/mol. The van der Waals surface area contributed by atoms with Gasteiger partial charge >= 0.3 is 0 Å². The van der Waals surface area contributed by atoms with Gasteiger partial charge in [0.2, 0.25) is 0 Å². The molecular formula is C10H15N2OS+. The maximum atomic E-state index is 5.35. The maximum Gasteiger partial charge on any atom is 0.300 e. The number of hydrogen-bond donors (Lipinski definition) is 2. The predicted molar refractivity (Wildman–Crippen MR) is 60.0 cm³/mol. The highest BCUT2D eigenvalue weighted by atomic mass is 32.2. The SMILES string of the molecule is CCOc1ccc(CSC(N)=[NH2+])cc1. The predicted octanol–water partition coefficient (Wildman–Crippen LogP) is 0.392. The van der Waals surface area contributed by atoms with Crippen molar-refractivity contribution in [1.29, 1.82) is 0 Å². The van der Waals surface area contributed by atoms with Crippen molar-refractivity contribution in [1.82, 2.24) is 0 Å². The lowest BCUT2D eigenvalue weighted by atomic mass is 10.2. The molecule has 0 bridgehead atoms. The molecule has 0 aliphatic carbocycles. The molecule has 0 saturated carbocycles. The van der Waals surface area contributed by atoms with E-state index >= 15 is 0 Å². The van der Waals surface area contributed by atoms with Gasteiger partial charge < -0.3 is 4.74 Å². The Hall–Kier alpha value is -1.16. The summed E-state index contributed by atoms with van der Waals surface area (Å²) >= 11 is 1.43. The van der Waals surface area contributed by atoms with Crippen LogP contribution in [0.15, 0.2) is 24.3 Å². The van der Waals surface area contributed by atoms with Gasteiger partial charge in [-0.3, -0.25) is 11.1 Å². The zero-order valence-electron chi connectivity index (χ0n) is 8.19. The Labute approximate surface area is 88.2 Å². The Balaban J connectivity index is 2.50. The van der Waals surface area contributed by atoms with Crippen molar-refractivity contribution in [3.8, 4) is 5.75 Å². The van der Waals surface area contributed by atoms with Gasteiger partial charge in [-0.2, -0.15) is 0 Å². The second-order valence-electron chi connectivity index (χ2n) is 2.77. The lowest BCUT2D eigenvalue weighted by Gasteiger charge is -2.03. The van der Waals surface area contributed by atoms with E-state index in [0.29, 0.717) is 11.8 Å². The highest BCUT2D eigenvalue weighted by molar-refractivity contribution is 8.12. The van der Waals surface area contributed by atoms with Crippen LogP contribution in [0, 0.1) is 0 Å². The van der Waals surface area contributed by atoms with Crippen molar-refractivity contribution < 1.29 is 10.1 Å². The van der Waals surface area contributed by atoms with Crippen molar-refractivity contribution in [3.05, 3.63) is 29.8 Å². The first-order chi connectivity index (χ1) is 6.72. The van der Waals surface area contributed by atoms with Gasteiger partial charge in [-0.05, 0) is 36.4 Å². The molecule has 0 aromatic heterocycles. The van der Waals surface area contributed by atoms with E-state index < -0.39 is 0 Å². The van der Waals surface area contributed by atoms with Crippen molar-refractivity contribution in [2.75, 3.05) is 6.61 Å². The van der Waals surface area contributed by atoms with E-state index in [1.807, 2.05) is 31.2 Å². The summed E-state index contributed by atoms with van der Waals surface area (Å²) in [5.74, 6) is 1.69. The second kappa shape index (κ2) is 5.54. The molecule has 0 atom stereocenters. The number of ether oxygens (including phenoxy) is 1. The van der Waals surface area contributed by atoms with Crippen LogP contribution in [0.5, 0.6) is 5.75 Å². The van der Waals surface area contributed by atoms with Crippen LogP contribution in [-0.4, -0.2) is 11.8 Å². The third kappa shape index (κ3) is 3.70. The zero-order valence-corrected chi connectivity index (χ0v) is 9.01. The van der Waals surface area contributed by atoms with E-state index in [4.69, 9.17) is 15.9 Å². The first-order valence-electron chi connectivity index (χ1n) is 4.44. The second-order valence-corrected chi connectivity index (χ2v) is 3.82. The van der Waals surface area contributed by atoms with E-state index in [9.17, 15) is 0 Å². The molecule has 0 radical (unpaired) electrons. The molecule has 0 amide bonds. The fourth-order valence-electron chi connectivity index (χ4n) is 1.02. The van der Waals surface area contributed by atoms with Crippen LogP contribution in [0.3, 0.4) is 0 Å². The van der Waals surface area contributed by atoms with Gasteiger partial charge in [0.1, 0.15) is 5.75 Å². The molecule has 0 unspecified atom stereocenters. The summed E-state index contributed by atoms with van der Waals surface area (Å²) in [5.41, 5.74) is 6.54. The minimum absolute atomic E-state index is 0.402. The van der Waals surface area contributed by atoms with E-state index in [-0.39, 0.29) is 0 Å². The van der Waals surface area contributed by atoms with Gasteiger partial charge in [0.05, 0.1) is 6.61 Å². The van der Waals surface area contributed by atoms with Crippen LogP contribution in [0.2, 0.25) is 0 Å². The molecule has 1 rings (SSSR count). The summed E-state index contributed by atoms with van der Waals surface area (Å²) in [5, 5.41) is 5.75. The molecule has 3 nitrogen and oxygen atoms in total. The minimum atomic E-state index is 0.402. The minimum Gasteiger partial charge on any atom is -0.494 e. The Morgan fingerprint density at radius 3 is 2.57 bits per heavy atom. The number of amidine groups is 1. The normalized spacial score (nSPS) is 9.79. The van der Waals surface area contributed by atoms with Crippen LogP contribution in [0.1, 0.15) is 12.5 Å². The monoisotopic (exact) mass is 211 g/mol. The van der Waals surface area contributed by atoms with Gasteiger partial charge in [-0.15, -0.1) is 0 Å². The Kier molecular flexibility index (Phi) is 4.32. The van der Waals surface area contributed by atoms with Gasteiger partial charge in [-0.25, -0.2) is 0 Å². The van der Waals surface area contributed by atoms with Crippen LogP contribution in [0.25, 0.3) is 0 Å². The fraction of sp³-hybridized carbons (Fsp3) is 0.300. The van der Waals surface area contributed by atoms with Crippen molar-refractivity contribution in [2.24, 2.45) is 5.73 Å². The summed E-state index contributed by atoms with van der Waals surface area (Å²) in [4.78, 5) is 0. The Morgan fingerprint density at radius 1 is 1.43 bits per heavy atom.